The normalized spacial score (nSPS) is 10.4. The molecule has 0 amide bonds. The van der Waals surface area contributed by atoms with Crippen molar-refractivity contribution < 1.29 is 13.5 Å². The molecule has 0 spiro atoms. The molecule has 2 aromatic carbocycles. The smallest absolute Gasteiger partial charge is 0.201 e. The van der Waals surface area contributed by atoms with Crippen LogP contribution in [0.5, 0.6) is 5.75 Å². The first kappa shape index (κ1) is 13.7. The molecule has 2 aromatic rings. The van der Waals surface area contributed by atoms with Crippen molar-refractivity contribution in [2.24, 2.45) is 0 Å². The first-order valence-electron chi connectivity index (χ1n) is 5.08. The minimum atomic E-state index is -0.945. The Morgan fingerprint density at radius 1 is 1.00 bits per heavy atom. The zero-order valence-corrected chi connectivity index (χ0v) is 12.8. The summed E-state index contributed by atoms with van der Waals surface area (Å²) in [5.41, 5.74) is 0.886. The molecule has 94 valence electrons. The molecule has 0 unspecified atom stereocenters. The molecule has 0 radical (unpaired) electrons. The van der Waals surface area contributed by atoms with Gasteiger partial charge in [0.05, 0.1) is 3.57 Å². The molecule has 18 heavy (non-hydrogen) atoms. The van der Waals surface area contributed by atoms with Gasteiger partial charge in [0, 0.05) is 4.47 Å². The van der Waals surface area contributed by atoms with Crippen molar-refractivity contribution in [3.8, 4) is 5.75 Å². The lowest BCUT2D eigenvalue weighted by Gasteiger charge is -2.08. The molecule has 2 rings (SSSR count). The second-order valence-corrected chi connectivity index (χ2v) is 5.67. The van der Waals surface area contributed by atoms with Crippen LogP contribution in [0.25, 0.3) is 0 Å². The quantitative estimate of drug-likeness (QED) is 0.502. The third kappa shape index (κ3) is 3.20. The van der Waals surface area contributed by atoms with Gasteiger partial charge in [-0.25, -0.2) is 4.39 Å². The lowest BCUT2D eigenvalue weighted by atomic mass is 10.2. The van der Waals surface area contributed by atoms with Crippen molar-refractivity contribution in [1.29, 1.82) is 0 Å². The van der Waals surface area contributed by atoms with Crippen molar-refractivity contribution in [2.75, 3.05) is 0 Å². The topological polar surface area (TPSA) is 9.23 Å². The molecule has 0 aliphatic heterocycles. The number of halogens is 4. The van der Waals surface area contributed by atoms with Gasteiger partial charge in [0.1, 0.15) is 6.61 Å². The maximum atomic E-state index is 13.5. The summed E-state index contributed by atoms with van der Waals surface area (Å²) in [6.07, 6.45) is 0. The summed E-state index contributed by atoms with van der Waals surface area (Å²) in [5.74, 6) is -1.89. The predicted octanol–water partition coefficient (Wildman–Crippen LogP) is 4.91. The fraction of sp³-hybridized carbons (Fsp3) is 0.0769. The highest BCUT2D eigenvalue weighted by atomic mass is 127. The SMILES string of the molecule is Fc1c(I)ccc(OCc2ccc(Br)cc2)c1F. The van der Waals surface area contributed by atoms with Crippen molar-refractivity contribution in [2.45, 2.75) is 6.61 Å². The van der Waals surface area contributed by atoms with E-state index < -0.39 is 11.6 Å². The van der Waals surface area contributed by atoms with E-state index in [4.69, 9.17) is 4.74 Å². The van der Waals surface area contributed by atoms with Crippen molar-refractivity contribution in [1.82, 2.24) is 0 Å². The van der Waals surface area contributed by atoms with E-state index in [1.807, 2.05) is 24.3 Å². The van der Waals surface area contributed by atoms with Crippen LogP contribution < -0.4 is 4.74 Å². The van der Waals surface area contributed by atoms with Crippen LogP contribution in [0.15, 0.2) is 40.9 Å². The van der Waals surface area contributed by atoms with Gasteiger partial charge in [0.15, 0.2) is 11.6 Å². The Hall–Kier alpha value is -0.690. The Kier molecular flexibility index (Phi) is 4.55. The monoisotopic (exact) mass is 424 g/mol. The van der Waals surface area contributed by atoms with E-state index in [0.717, 1.165) is 10.0 Å². The molecule has 0 saturated carbocycles. The number of hydrogen-bond donors (Lipinski definition) is 0. The van der Waals surface area contributed by atoms with Gasteiger partial charge >= 0.3 is 0 Å². The van der Waals surface area contributed by atoms with Gasteiger partial charge in [0.25, 0.3) is 0 Å². The fourth-order valence-electron chi connectivity index (χ4n) is 1.36. The standard InChI is InChI=1S/C13H8BrF2IO/c14-9-3-1-8(2-4-9)7-18-11-6-5-10(17)12(15)13(11)16/h1-6H,7H2. The number of benzene rings is 2. The van der Waals surface area contributed by atoms with E-state index in [0.29, 0.717) is 0 Å². The first-order chi connectivity index (χ1) is 8.58. The minimum absolute atomic E-state index is 0.0733. The van der Waals surface area contributed by atoms with Crippen molar-refractivity contribution in [3.05, 3.63) is 61.6 Å². The van der Waals surface area contributed by atoms with E-state index in [1.165, 1.54) is 12.1 Å². The summed E-state index contributed by atoms with van der Waals surface area (Å²) in [6, 6.07) is 10.3. The van der Waals surface area contributed by atoms with Crippen LogP contribution >= 0.6 is 38.5 Å². The van der Waals surface area contributed by atoms with Gasteiger partial charge in [-0.3, -0.25) is 0 Å². The van der Waals surface area contributed by atoms with Crippen molar-refractivity contribution >= 4 is 38.5 Å². The average Bonchev–Trinajstić information content (AvgIpc) is 2.37. The molecule has 0 atom stereocenters. The van der Waals surface area contributed by atoms with Crippen molar-refractivity contribution in [3.63, 3.8) is 0 Å². The summed E-state index contributed by atoms with van der Waals surface area (Å²) in [4.78, 5) is 0. The first-order valence-corrected chi connectivity index (χ1v) is 6.96. The third-order valence-electron chi connectivity index (χ3n) is 2.31. The Bertz CT molecular complexity index is 558. The van der Waals surface area contributed by atoms with Crippen LogP contribution in [0.4, 0.5) is 8.78 Å². The van der Waals surface area contributed by atoms with Gasteiger partial charge in [0.2, 0.25) is 5.82 Å². The van der Waals surface area contributed by atoms with Gasteiger partial charge < -0.3 is 4.74 Å². The van der Waals surface area contributed by atoms with E-state index in [9.17, 15) is 8.78 Å². The molecular formula is C13H8BrF2IO. The highest BCUT2D eigenvalue weighted by molar-refractivity contribution is 14.1. The molecule has 0 aliphatic carbocycles. The maximum absolute atomic E-state index is 13.5. The lowest BCUT2D eigenvalue weighted by molar-refractivity contribution is 0.284. The Labute approximate surface area is 125 Å². The van der Waals surface area contributed by atoms with E-state index in [-0.39, 0.29) is 15.9 Å². The van der Waals surface area contributed by atoms with E-state index in [1.54, 1.807) is 22.6 Å². The molecule has 0 aromatic heterocycles. The van der Waals surface area contributed by atoms with E-state index >= 15 is 0 Å². The van der Waals surface area contributed by atoms with Gasteiger partial charge in [-0.2, -0.15) is 4.39 Å². The minimum Gasteiger partial charge on any atom is -0.486 e. The van der Waals surface area contributed by atoms with Gasteiger partial charge in [-0.05, 0) is 52.4 Å². The predicted molar refractivity (Wildman–Crippen MR) is 77.5 cm³/mol. The zero-order valence-electron chi connectivity index (χ0n) is 9.09. The molecular weight excluding hydrogens is 417 g/mol. The molecule has 0 N–H and O–H groups in total. The van der Waals surface area contributed by atoms with Crippen LogP contribution in [0.1, 0.15) is 5.56 Å². The summed E-state index contributed by atoms with van der Waals surface area (Å²) < 4.78 is 33.3. The molecule has 0 bridgehead atoms. The highest BCUT2D eigenvalue weighted by Gasteiger charge is 2.12. The highest BCUT2D eigenvalue weighted by Crippen LogP contribution is 2.24. The van der Waals surface area contributed by atoms with E-state index in [2.05, 4.69) is 15.9 Å². The second kappa shape index (κ2) is 5.97. The molecule has 0 aliphatic rings. The Morgan fingerprint density at radius 3 is 2.33 bits per heavy atom. The molecule has 1 nitrogen and oxygen atoms in total. The van der Waals surface area contributed by atoms with Crippen LogP contribution in [0.2, 0.25) is 0 Å². The Morgan fingerprint density at radius 2 is 1.67 bits per heavy atom. The average molecular weight is 425 g/mol. The van der Waals surface area contributed by atoms with Gasteiger partial charge in [-0.15, -0.1) is 0 Å². The third-order valence-corrected chi connectivity index (χ3v) is 3.67. The fourth-order valence-corrected chi connectivity index (χ4v) is 2.04. The van der Waals surface area contributed by atoms with Crippen LogP contribution in [-0.4, -0.2) is 0 Å². The lowest BCUT2D eigenvalue weighted by Crippen LogP contribution is -2.00. The van der Waals surface area contributed by atoms with Crippen LogP contribution in [-0.2, 0) is 6.61 Å². The van der Waals surface area contributed by atoms with Gasteiger partial charge in [-0.1, -0.05) is 28.1 Å². The van der Waals surface area contributed by atoms with Crippen LogP contribution in [0.3, 0.4) is 0 Å². The molecule has 0 heterocycles. The maximum Gasteiger partial charge on any atom is 0.201 e. The second-order valence-electron chi connectivity index (χ2n) is 3.59. The number of ether oxygens (including phenoxy) is 1. The number of rotatable bonds is 3. The number of hydrogen-bond acceptors (Lipinski definition) is 1. The zero-order chi connectivity index (χ0) is 13.1. The summed E-state index contributed by atoms with van der Waals surface area (Å²) in [6.45, 7) is 0.199. The molecule has 0 fully saturated rings. The summed E-state index contributed by atoms with van der Waals surface area (Å²) in [5, 5.41) is 0. The Balaban J connectivity index is 2.11. The largest absolute Gasteiger partial charge is 0.486 e. The summed E-state index contributed by atoms with van der Waals surface area (Å²) in [7, 11) is 0. The summed E-state index contributed by atoms with van der Waals surface area (Å²) >= 11 is 5.05. The molecule has 5 heteroatoms. The molecule has 0 saturated heterocycles. The van der Waals surface area contributed by atoms with Crippen LogP contribution in [0, 0.1) is 15.2 Å².